The van der Waals surface area contributed by atoms with Crippen LogP contribution in [0.25, 0.3) is 11.2 Å². The molecule has 1 aliphatic heterocycles. The number of phosphoric ester groups is 3. The van der Waals surface area contributed by atoms with Crippen molar-refractivity contribution in [3.63, 3.8) is 0 Å². The summed E-state index contributed by atoms with van der Waals surface area (Å²) in [4.78, 5) is 67.5. The van der Waals surface area contributed by atoms with E-state index in [4.69, 9.17) is 34.1 Å². The summed E-state index contributed by atoms with van der Waals surface area (Å²) in [6.45, 7) is -0.324. The molecular formula is C17H31N6O14P3. The second kappa shape index (κ2) is 14.2. The summed E-state index contributed by atoms with van der Waals surface area (Å²) in [5.74, 6) is 0.380. The predicted molar refractivity (Wildman–Crippen MR) is 133 cm³/mol. The molecule has 0 spiro atoms. The molecule has 3 rings (SSSR count). The number of aliphatic hydroxyl groups is 1. The topological polar surface area (TPSA) is 289 Å². The van der Waals surface area contributed by atoms with Gasteiger partial charge >= 0.3 is 23.5 Å². The zero-order chi connectivity index (χ0) is 29.6. The third-order valence-electron chi connectivity index (χ3n) is 5.56. The SMILES string of the molecule is O=P(O)(O)OCCN(CCCNc1ncnc2c1ncn2[C@H]1C[C@@H](O)[C@@H](COP(=O)(O)O)O1)CCOP(=O)(O)O. The van der Waals surface area contributed by atoms with Gasteiger partial charge < -0.3 is 44.5 Å². The fourth-order valence-corrected chi connectivity index (χ4v) is 4.80. The average molecular weight is 636 g/mol. The van der Waals surface area contributed by atoms with E-state index in [-0.39, 0.29) is 32.7 Å². The molecule has 3 atom stereocenters. The van der Waals surface area contributed by atoms with Crippen LogP contribution >= 0.6 is 23.5 Å². The molecule has 1 fully saturated rings. The number of fused-ring (bicyclic) bond motifs is 1. The van der Waals surface area contributed by atoms with Gasteiger partial charge in [-0.2, -0.15) is 0 Å². The van der Waals surface area contributed by atoms with Crippen LogP contribution in [0.1, 0.15) is 19.1 Å². The molecule has 2 aromatic heterocycles. The molecule has 0 unspecified atom stereocenters. The van der Waals surface area contributed by atoms with Crippen molar-refractivity contribution >= 4 is 40.4 Å². The molecule has 23 heteroatoms. The minimum absolute atomic E-state index is 0.0607. The van der Waals surface area contributed by atoms with Crippen molar-refractivity contribution in [1.82, 2.24) is 24.4 Å². The molecule has 228 valence electrons. The van der Waals surface area contributed by atoms with Gasteiger partial charge in [-0.25, -0.2) is 28.6 Å². The fraction of sp³-hybridized carbons (Fsp3) is 0.706. The monoisotopic (exact) mass is 636 g/mol. The number of hydrogen-bond donors (Lipinski definition) is 8. The highest BCUT2D eigenvalue weighted by atomic mass is 31.2. The van der Waals surface area contributed by atoms with Crippen LogP contribution in [0, 0.1) is 0 Å². The summed E-state index contributed by atoms with van der Waals surface area (Å²) in [6, 6.07) is 0. The minimum atomic E-state index is -4.73. The van der Waals surface area contributed by atoms with E-state index < -0.39 is 48.5 Å². The molecular weight excluding hydrogens is 605 g/mol. The van der Waals surface area contributed by atoms with Crippen molar-refractivity contribution < 1.29 is 66.5 Å². The van der Waals surface area contributed by atoms with Gasteiger partial charge in [-0.05, 0) is 13.0 Å². The first-order valence-corrected chi connectivity index (χ1v) is 16.3. The Morgan fingerprint density at radius 1 is 0.950 bits per heavy atom. The van der Waals surface area contributed by atoms with Gasteiger partial charge in [0, 0.05) is 26.1 Å². The van der Waals surface area contributed by atoms with Gasteiger partial charge in [-0.3, -0.25) is 23.0 Å². The molecule has 0 amide bonds. The van der Waals surface area contributed by atoms with E-state index in [0.717, 1.165) is 0 Å². The number of phosphoric acid groups is 3. The van der Waals surface area contributed by atoms with Crippen molar-refractivity contribution in [2.45, 2.75) is 31.3 Å². The molecule has 8 N–H and O–H groups in total. The van der Waals surface area contributed by atoms with Gasteiger partial charge in [0.25, 0.3) is 0 Å². The highest BCUT2D eigenvalue weighted by Gasteiger charge is 2.37. The van der Waals surface area contributed by atoms with E-state index >= 15 is 0 Å². The molecule has 1 aliphatic rings. The molecule has 20 nitrogen and oxygen atoms in total. The number of ether oxygens (including phenoxy) is 1. The maximum atomic E-state index is 11.0. The lowest BCUT2D eigenvalue weighted by molar-refractivity contribution is -0.0424. The Hall–Kier alpha value is -1.44. The molecule has 0 bridgehead atoms. The molecule has 0 aromatic carbocycles. The summed E-state index contributed by atoms with van der Waals surface area (Å²) < 4.78 is 53.3. The zero-order valence-corrected chi connectivity index (χ0v) is 23.5. The first-order chi connectivity index (χ1) is 18.6. The molecule has 0 radical (unpaired) electrons. The minimum Gasteiger partial charge on any atom is -0.390 e. The molecule has 0 saturated carbocycles. The maximum Gasteiger partial charge on any atom is 0.469 e. The van der Waals surface area contributed by atoms with Crippen molar-refractivity contribution in [2.24, 2.45) is 0 Å². The summed E-state index contributed by atoms with van der Waals surface area (Å²) in [5.41, 5.74) is 0.759. The highest BCUT2D eigenvalue weighted by molar-refractivity contribution is 7.46. The number of hydrogen-bond acceptors (Lipinski definition) is 13. The van der Waals surface area contributed by atoms with Crippen LogP contribution in [0.3, 0.4) is 0 Å². The molecule has 1 saturated heterocycles. The molecule has 40 heavy (non-hydrogen) atoms. The summed E-state index contributed by atoms with van der Waals surface area (Å²) in [6.07, 6.45) is 0.531. The third-order valence-corrected chi connectivity index (χ3v) is 7.08. The lowest BCUT2D eigenvalue weighted by Gasteiger charge is -2.22. The standard InChI is InChI=1S/C17H31N6O14P3/c24-12-8-14(37-13(12)9-36-40(31,32)33)23-11-21-15-16(19-10-20-17(15)23)18-2-1-3-22(4-6-34-38(25,26)27)5-7-35-39(28,29)30/h10-14,24H,1-9H2,(H,18,19,20)(H2,25,26,27)(H2,28,29,30)(H2,31,32,33)/t12-,13-,14-/m1/s1. The second-order valence-electron chi connectivity index (χ2n) is 8.53. The Labute approximate surface area is 227 Å². The third kappa shape index (κ3) is 11.1. The van der Waals surface area contributed by atoms with Gasteiger partial charge in [0.15, 0.2) is 17.0 Å². The first-order valence-electron chi connectivity index (χ1n) is 11.7. The maximum absolute atomic E-state index is 11.0. The van der Waals surface area contributed by atoms with E-state index in [1.165, 1.54) is 12.7 Å². The van der Waals surface area contributed by atoms with Gasteiger partial charge in [-0.1, -0.05) is 0 Å². The Morgan fingerprint density at radius 3 is 2.17 bits per heavy atom. The Morgan fingerprint density at radius 2 is 1.57 bits per heavy atom. The van der Waals surface area contributed by atoms with Crippen LogP contribution in [0.5, 0.6) is 0 Å². The number of rotatable bonds is 17. The van der Waals surface area contributed by atoms with E-state index in [1.807, 2.05) is 0 Å². The Bertz CT molecular complexity index is 1220. The van der Waals surface area contributed by atoms with E-state index in [9.17, 15) is 18.8 Å². The van der Waals surface area contributed by atoms with Crippen LogP contribution in [-0.4, -0.2) is 117 Å². The van der Waals surface area contributed by atoms with Crippen LogP contribution in [0.15, 0.2) is 12.7 Å². The van der Waals surface area contributed by atoms with Crippen LogP contribution in [0.2, 0.25) is 0 Å². The Balaban J connectivity index is 1.56. The molecule has 0 aliphatic carbocycles. The quantitative estimate of drug-likeness (QED) is 0.0755. The molecule has 2 aromatic rings. The summed E-state index contributed by atoms with van der Waals surface area (Å²) in [7, 11) is -14.1. The number of anilines is 1. The van der Waals surface area contributed by atoms with Crippen molar-refractivity contribution in [3.8, 4) is 0 Å². The van der Waals surface area contributed by atoms with Gasteiger partial charge in [0.1, 0.15) is 18.7 Å². The normalized spacial score (nSPS) is 20.6. The zero-order valence-electron chi connectivity index (χ0n) is 20.8. The molecule has 3 heterocycles. The van der Waals surface area contributed by atoms with Crippen molar-refractivity contribution in [2.75, 3.05) is 51.3 Å². The van der Waals surface area contributed by atoms with Gasteiger partial charge in [-0.15, -0.1) is 0 Å². The second-order valence-corrected chi connectivity index (χ2v) is 12.3. The predicted octanol–water partition coefficient (Wildman–Crippen LogP) is -1.09. The number of aliphatic hydroxyl groups excluding tert-OH is 1. The fourth-order valence-electron chi connectivity index (χ4n) is 3.82. The smallest absolute Gasteiger partial charge is 0.390 e. The van der Waals surface area contributed by atoms with Crippen molar-refractivity contribution in [1.29, 1.82) is 0 Å². The van der Waals surface area contributed by atoms with Gasteiger partial charge in [0.05, 0.1) is 32.3 Å². The van der Waals surface area contributed by atoms with Gasteiger partial charge in [0.2, 0.25) is 0 Å². The summed E-state index contributed by atoms with van der Waals surface area (Å²) >= 11 is 0. The van der Waals surface area contributed by atoms with E-state index in [2.05, 4.69) is 33.8 Å². The van der Waals surface area contributed by atoms with Crippen molar-refractivity contribution in [3.05, 3.63) is 12.7 Å². The number of nitrogens with one attached hydrogen (secondary N) is 1. The van der Waals surface area contributed by atoms with E-state index in [0.29, 0.717) is 36.5 Å². The lowest BCUT2D eigenvalue weighted by Crippen LogP contribution is -2.32. The Kier molecular flexibility index (Phi) is 11.7. The number of nitrogens with zero attached hydrogens (tertiary/aromatic N) is 5. The summed E-state index contributed by atoms with van der Waals surface area (Å²) in [5, 5.41) is 13.3. The first kappa shape index (κ1) is 33.1. The lowest BCUT2D eigenvalue weighted by atomic mass is 10.2. The van der Waals surface area contributed by atoms with Crippen LogP contribution in [0.4, 0.5) is 5.82 Å². The van der Waals surface area contributed by atoms with Crippen LogP contribution in [-0.2, 0) is 32.0 Å². The highest BCUT2D eigenvalue weighted by Crippen LogP contribution is 2.39. The number of aromatic nitrogens is 4. The average Bonchev–Trinajstić information content (AvgIpc) is 3.41. The largest absolute Gasteiger partial charge is 0.469 e. The van der Waals surface area contributed by atoms with Crippen LogP contribution < -0.4 is 5.32 Å². The number of imidazole rings is 1. The van der Waals surface area contributed by atoms with E-state index in [1.54, 1.807) is 9.47 Å².